The number of aryl methyl sites for hydroxylation is 1. The van der Waals surface area contributed by atoms with Crippen LogP contribution in [0.2, 0.25) is 0 Å². The Bertz CT molecular complexity index is 1030. The second-order valence-electron chi connectivity index (χ2n) is 6.21. The van der Waals surface area contributed by atoms with Crippen LogP contribution in [0.25, 0.3) is 5.00 Å². The van der Waals surface area contributed by atoms with E-state index < -0.39 is 11.9 Å². The first-order valence-corrected chi connectivity index (χ1v) is 9.47. The predicted octanol–water partition coefficient (Wildman–Crippen LogP) is 4.02. The number of thiophene rings is 1. The van der Waals surface area contributed by atoms with E-state index in [1.54, 1.807) is 24.3 Å². The van der Waals surface area contributed by atoms with Crippen LogP contribution in [0.5, 0.6) is 0 Å². The number of aromatic nitrogens is 1. The fourth-order valence-corrected chi connectivity index (χ4v) is 3.81. The van der Waals surface area contributed by atoms with Gasteiger partial charge >= 0.3 is 5.97 Å². The minimum Gasteiger partial charge on any atom is -0.452 e. The average molecular weight is 393 g/mol. The van der Waals surface area contributed by atoms with Crippen LogP contribution in [-0.2, 0) is 16.0 Å². The number of esters is 1. The van der Waals surface area contributed by atoms with Gasteiger partial charge in [-0.05, 0) is 49.2 Å². The normalized spacial score (nSPS) is 10.3. The lowest BCUT2D eigenvalue weighted by molar-refractivity contribution is -0.119. The van der Waals surface area contributed by atoms with E-state index >= 15 is 0 Å². The summed E-state index contributed by atoms with van der Waals surface area (Å²) in [5, 5.41) is 12.1. The Balaban J connectivity index is 1.64. The number of hydrogen-bond donors (Lipinski definition) is 1. The molecule has 0 fully saturated rings. The van der Waals surface area contributed by atoms with Crippen molar-refractivity contribution in [1.29, 1.82) is 5.26 Å². The fraction of sp³-hybridized carbons (Fsp3) is 0.190. The molecular weight excluding hydrogens is 374 g/mol. The van der Waals surface area contributed by atoms with Crippen molar-refractivity contribution in [3.05, 3.63) is 70.4 Å². The van der Waals surface area contributed by atoms with E-state index in [4.69, 9.17) is 10.00 Å². The maximum atomic E-state index is 12.6. The number of ether oxygens (including phenoxy) is 1. The van der Waals surface area contributed by atoms with Crippen LogP contribution in [0.15, 0.2) is 48.8 Å². The monoisotopic (exact) mass is 393 g/mol. The molecule has 1 N–H and O–H groups in total. The molecule has 3 rings (SSSR count). The summed E-state index contributed by atoms with van der Waals surface area (Å²) in [6.45, 7) is 3.45. The fourth-order valence-electron chi connectivity index (χ4n) is 2.70. The number of anilines is 1. The molecule has 2 heterocycles. The quantitative estimate of drug-likeness (QED) is 0.641. The van der Waals surface area contributed by atoms with Gasteiger partial charge in [0.1, 0.15) is 5.00 Å². The lowest BCUT2D eigenvalue weighted by atomic mass is 10.1. The highest BCUT2D eigenvalue weighted by Gasteiger charge is 2.22. The van der Waals surface area contributed by atoms with Crippen LogP contribution in [-0.4, -0.2) is 23.1 Å². The molecule has 0 atom stereocenters. The third kappa shape index (κ3) is 4.30. The van der Waals surface area contributed by atoms with Crippen molar-refractivity contribution in [2.24, 2.45) is 0 Å². The summed E-state index contributed by atoms with van der Waals surface area (Å²) >= 11 is 1.51. The van der Waals surface area contributed by atoms with Gasteiger partial charge in [0.05, 0.1) is 18.1 Å². The first-order chi connectivity index (χ1) is 13.5. The summed E-state index contributed by atoms with van der Waals surface area (Å²) in [6.07, 6.45) is 4.04. The van der Waals surface area contributed by atoms with Gasteiger partial charge in [0.2, 0.25) is 0 Å². The summed E-state index contributed by atoms with van der Waals surface area (Å²) in [6, 6.07) is 12.8. The molecule has 2 aromatic heterocycles. The summed E-state index contributed by atoms with van der Waals surface area (Å²) < 4.78 is 7.12. The number of amides is 1. The van der Waals surface area contributed by atoms with Gasteiger partial charge in [0.25, 0.3) is 5.91 Å². The number of nitriles is 1. The highest BCUT2D eigenvalue weighted by atomic mass is 32.1. The number of nitrogens with zero attached hydrogens (tertiary/aromatic N) is 2. The molecule has 0 aliphatic rings. The van der Waals surface area contributed by atoms with Gasteiger partial charge in [0.15, 0.2) is 6.61 Å². The zero-order valence-corrected chi connectivity index (χ0v) is 16.4. The van der Waals surface area contributed by atoms with E-state index in [2.05, 4.69) is 11.4 Å². The van der Waals surface area contributed by atoms with Crippen molar-refractivity contribution in [2.75, 3.05) is 11.9 Å². The Hall–Kier alpha value is -3.37. The van der Waals surface area contributed by atoms with Gasteiger partial charge in [-0.1, -0.05) is 12.1 Å². The number of benzene rings is 1. The Labute approximate surface area is 167 Å². The highest BCUT2D eigenvalue weighted by Crippen LogP contribution is 2.31. The van der Waals surface area contributed by atoms with Crippen LogP contribution in [0.1, 0.15) is 26.4 Å². The Morgan fingerprint density at radius 1 is 1.18 bits per heavy atom. The molecule has 0 aliphatic heterocycles. The first-order valence-electron chi connectivity index (χ1n) is 8.65. The van der Waals surface area contributed by atoms with Crippen LogP contribution in [0, 0.1) is 25.2 Å². The number of hydrogen-bond acceptors (Lipinski definition) is 5. The van der Waals surface area contributed by atoms with E-state index in [1.165, 1.54) is 11.3 Å². The summed E-state index contributed by atoms with van der Waals surface area (Å²) in [5.41, 5.74) is 2.78. The van der Waals surface area contributed by atoms with Gasteiger partial charge in [-0.3, -0.25) is 4.79 Å². The maximum Gasteiger partial charge on any atom is 0.341 e. The predicted molar refractivity (Wildman–Crippen MR) is 108 cm³/mol. The molecule has 1 amide bonds. The molecule has 0 spiro atoms. The molecule has 0 saturated carbocycles. The number of carbonyl (C=O) groups is 2. The van der Waals surface area contributed by atoms with E-state index in [1.807, 2.05) is 42.9 Å². The number of nitrogens with one attached hydrogen (secondary N) is 1. The molecular formula is C21H19N3O3S. The third-order valence-electron chi connectivity index (χ3n) is 4.27. The summed E-state index contributed by atoms with van der Waals surface area (Å²) in [4.78, 5) is 25.8. The zero-order valence-electron chi connectivity index (χ0n) is 15.6. The van der Waals surface area contributed by atoms with Gasteiger partial charge in [-0.15, -0.1) is 11.3 Å². The highest BCUT2D eigenvalue weighted by molar-refractivity contribution is 7.15. The topological polar surface area (TPSA) is 84.1 Å². The molecule has 0 unspecified atom stereocenters. The van der Waals surface area contributed by atoms with Crippen molar-refractivity contribution >= 4 is 28.9 Å². The number of rotatable bonds is 6. The smallest absolute Gasteiger partial charge is 0.341 e. The van der Waals surface area contributed by atoms with Crippen molar-refractivity contribution < 1.29 is 14.3 Å². The Morgan fingerprint density at radius 2 is 1.86 bits per heavy atom. The van der Waals surface area contributed by atoms with E-state index in [0.29, 0.717) is 17.7 Å². The third-order valence-corrected chi connectivity index (χ3v) is 5.49. The van der Waals surface area contributed by atoms with Gasteiger partial charge in [-0.2, -0.15) is 5.26 Å². The van der Waals surface area contributed by atoms with Crippen molar-refractivity contribution in [1.82, 2.24) is 4.57 Å². The molecule has 142 valence electrons. The Kier molecular flexibility index (Phi) is 5.92. The van der Waals surface area contributed by atoms with Crippen LogP contribution in [0.3, 0.4) is 0 Å². The molecule has 0 saturated heterocycles. The van der Waals surface area contributed by atoms with Crippen LogP contribution in [0.4, 0.5) is 5.69 Å². The SMILES string of the molecule is Cc1sc(-n2cccc2)c(C(=O)OCC(=O)Nc2ccc(CC#N)cc2)c1C. The van der Waals surface area contributed by atoms with E-state index in [9.17, 15) is 9.59 Å². The second-order valence-corrected chi connectivity index (χ2v) is 7.41. The van der Waals surface area contributed by atoms with Crippen LogP contribution < -0.4 is 5.32 Å². The van der Waals surface area contributed by atoms with Gasteiger partial charge in [0, 0.05) is 23.0 Å². The summed E-state index contributed by atoms with van der Waals surface area (Å²) in [5.74, 6) is -0.946. The zero-order chi connectivity index (χ0) is 20.1. The molecule has 0 aliphatic carbocycles. The molecule has 0 bridgehead atoms. The average Bonchev–Trinajstić information content (AvgIpc) is 3.30. The van der Waals surface area contributed by atoms with Crippen LogP contribution >= 0.6 is 11.3 Å². The lowest BCUT2D eigenvalue weighted by Crippen LogP contribution is -2.21. The number of carbonyl (C=O) groups excluding carboxylic acids is 2. The van der Waals surface area contributed by atoms with E-state index in [0.717, 1.165) is 21.0 Å². The molecule has 1 aromatic carbocycles. The lowest BCUT2D eigenvalue weighted by Gasteiger charge is -2.09. The maximum absolute atomic E-state index is 12.6. The van der Waals surface area contributed by atoms with Gasteiger partial charge < -0.3 is 14.6 Å². The van der Waals surface area contributed by atoms with Crippen molar-refractivity contribution in [3.63, 3.8) is 0 Å². The molecule has 6 nitrogen and oxygen atoms in total. The largest absolute Gasteiger partial charge is 0.452 e. The Morgan fingerprint density at radius 3 is 2.50 bits per heavy atom. The van der Waals surface area contributed by atoms with E-state index in [-0.39, 0.29) is 6.61 Å². The molecule has 7 heteroatoms. The van der Waals surface area contributed by atoms with Crippen molar-refractivity contribution in [3.8, 4) is 11.1 Å². The second kappa shape index (κ2) is 8.55. The molecule has 3 aromatic rings. The molecule has 0 radical (unpaired) electrons. The summed E-state index contributed by atoms with van der Waals surface area (Å²) in [7, 11) is 0. The first kappa shape index (κ1) is 19.4. The van der Waals surface area contributed by atoms with Crippen molar-refractivity contribution in [2.45, 2.75) is 20.3 Å². The minimum atomic E-state index is -0.523. The molecule has 28 heavy (non-hydrogen) atoms. The minimum absolute atomic E-state index is 0.314. The van der Waals surface area contributed by atoms with Gasteiger partial charge in [-0.25, -0.2) is 4.79 Å². The standard InChI is InChI=1S/C21H19N3O3S/c1-14-15(2)28-20(24-11-3-4-12-24)19(14)21(26)27-13-18(25)23-17-7-5-16(6-8-17)9-10-22/h3-8,11-12H,9,13H2,1-2H3,(H,23,25).